The van der Waals surface area contributed by atoms with Gasteiger partial charge in [0.05, 0.1) is 18.2 Å². The summed E-state index contributed by atoms with van der Waals surface area (Å²) in [5.74, 6) is -1.77. The minimum atomic E-state index is -0.991. The Morgan fingerprint density at radius 1 is 1.06 bits per heavy atom. The van der Waals surface area contributed by atoms with Crippen LogP contribution in [0.25, 0.3) is 5.76 Å². The highest BCUT2D eigenvalue weighted by Crippen LogP contribution is 2.40. The summed E-state index contributed by atoms with van der Waals surface area (Å²) in [7, 11) is 0. The first kappa shape index (κ1) is 24.5. The Morgan fingerprint density at radius 3 is 2.33 bits per heavy atom. The Hall–Kier alpha value is -3.19. The van der Waals surface area contributed by atoms with Gasteiger partial charge in [-0.3, -0.25) is 9.59 Å². The summed E-state index contributed by atoms with van der Waals surface area (Å²) in [5.41, 5.74) is 0.449. The number of aliphatic hydroxyl groups excluding tert-OH is 1. The minimum absolute atomic E-state index is 0.0999. The normalized spacial score (nSPS) is 17.7. The maximum absolute atomic E-state index is 14.8. The summed E-state index contributed by atoms with van der Waals surface area (Å²) in [5, 5.41) is 11.1. The zero-order valence-electron chi connectivity index (χ0n) is 19.4. The third-order valence-corrected chi connectivity index (χ3v) is 5.95. The molecule has 3 rings (SSSR count). The first-order chi connectivity index (χ1) is 15.9. The predicted octanol–water partition coefficient (Wildman–Crippen LogP) is 4.38. The molecule has 6 nitrogen and oxygen atoms in total. The van der Waals surface area contributed by atoms with Gasteiger partial charge in [-0.2, -0.15) is 0 Å². The van der Waals surface area contributed by atoms with E-state index in [1.54, 1.807) is 42.5 Å². The number of ketones is 1. The SMILES string of the molecule is CCOc1ccc(/C(O)=C2\C(=O)C(=O)N(CCCN(CC)CC)C2c2ccccc2F)cc1. The Kier molecular flexibility index (Phi) is 8.22. The quantitative estimate of drug-likeness (QED) is 0.328. The lowest BCUT2D eigenvalue weighted by atomic mass is 9.95. The molecule has 1 aliphatic heterocycles. The molecule has 1 unspecified atom stereocenters. The smallest absolute Gasteiger partial charge is 0.295 e. The van der Waals surface area contributed by atoms with Crippen molar-refractivity contribution in [3.05, 3.63) is 71.0 Å². The number of aliphatic hydroxyl groups is 1. The fourth-order valence-electron chi connectivity index (χ4n) is 4.17. The average Bonchev–Trinajstić information content (AvgIpc) is 3.07. The van der Waals surface area contributed by atoms with Crippen molar-refractivity contribution in [1.82, 2.24) is 9.80 Å². The highest BCUT2D eigenvalue weighted by molar-refractivity contribution is 6.46. The predicted molar refractivity (Wildman–Crippen MR) is 125 cm³/mol. The van der Waals surface area contributed by atoms with Crippen molar-refractivity contribution in [2.24, 2.45) is 0 Å². The standard InChI is InChI=1S/C26H31FN2O4/c1-4-28(5-2)16-9-17-29-23(20-10-7-8-11-21(20)27)22(25(31)26(29)32)24(30)18-12-14-19(15-13-18)33-6-3/h7-8,10-15,23,30H,4-6,9,16-17H2,1-3H3/b24-22+. The largest absolute Gasteiger partial charge is 0.507 e. The van der Waals surface area contributed by atoms with Gasteiger partial charge in [-0.05, 0) is 63.3 Å². The molecule has 0 aliphatic carbocycles. The van der Waals surface area contributed by atoms with Crippen molar-refractivity contribution in [2.75, 3.05) is 32.8 Å². The van der Waals surface area contributed by atoms with Gasteiger partial charge in [0.1, 0.15) is 17.3 Å². The van der Waals surface area contributed by atoms with E-state index in [2.05, 4.69) is 18.7 Å². The Bertz CT molecular complexity index is 1020. The van der Waals surface area contributed by atoms with E-state index < -0.39 is 23.5 Å². The molecular formula is C26H31FN2O4. The molecule has 33 heavy (non-hydrogen) atoms. The van der Waals surface area contributed by atoms with E-state index in [0.29, 0.717) is 24.3 Å². The van der Waals surface area contributed by atoms with Gasteiger partial charge in [0.25, 0.3) is 11.7 Å². The van der Waals surface area contributed by atoms with Crippen LogP contribution in [0, 0.1) is 5.82 Å². The van der Waals surface area contributed by atoms with Crippen LogP contribution < -0.4 is 4.74 Å². The molecule has 2 aromatic rings. The van der Waals surface area contributed by atoms with Gasteiger partial charge in [-0.15, -0.1) is 0 Å². The van der Waals surface area contributed by atoms with Gasteiger partial charge >= 0.3 is 0 Å². The van der Waals surface area contributed by atoms with E-state index in [1.807, 2.05) is 6.92 Å². The zero-order valence-corrected chi connectivity index (χ0v) is 19.4. The van der Waals surface area contributed by atoms with Gasteiger partial charge in [0.2, 0.25) is 0 Å². The number of rotatable bonds is 10. The van der Waals surface area contributed by atoms with Crippen LogP contribution in [-0.2, 0) is 9.59 Å². The zero-order chi connectivity index (χ0) is 24.0. The topological polar surface area (TPSA) is 70.1 Å². The second-order valence-electron chi connectivity index (χ2n) is 7.85. The first-order valence-corrected chi connectivity index (χ1v) is 11.4. The lowest BCUT2D eigenvalue weighted by Crippen LogP contribution is -2.33. The molecule has 1 N–H and O–H groups in total. The number of halogens is 1. The summed E-state index contributed by atoms with van der Waals surface area (Å²) in [4.78, 5) is 29.6. The van der Waals surface area contributed by atoms with Crippen molar-refractivity contribution in [3.63, 3.8) is 0 Å². The van der Waals surface area contributed by atoms with E-state index in [1.165, 1.54) is 11.0 Å². The number of benzene rings is 2. The molecule has 0 saturated carbocycles. The fraction of sp³-hybridized carbons (Fsp3) is 0.385. The molecule has 7 heteroatoms. The summed E-state index contributed by atoms with van der Waals surface area (Å²) in [6, 6.07) is 11.7. The number of likely N-dealkylation sites (tertiary alicyclic amines) is 1. The summed E-state index contributed by atoms with van der Waals surface area (Å²) in [6.45, 7) is 9.27. The number of carbonyl (C=O) groups excluding carboxylic acids is 2. The van der Waals surface area contributed by atoms with Crippen molar-refractivity contribution < 1.29 is 23.8 Å². The molecule has 1 fully saturated rings. The molecule has 0 spiro atoms. The molecule has 1 saturated heterocycles. The van der Waals surface area contributed by atoms with Crippen molar-refractivity contribution in [3.8, 4) is 5.75 Å². The number of hydrogen-bond donors (Lipinski definition) is 1. The van der Waals surface area contributed by atoms with E-state index in [-0.39, 0.29) is 23.4 Å². The van der Waals surface area contributed by atoms with Gasteiger partial charge in [-0.1, -0.05) is 32.0 Å². The Morgan fingerprint density at radius 2 is 1.73 bits per heavy atom. The van der Waals surface area contributed by atoms with E-state index in [0.717, 1.165) is 19.6 Å². The summed E-state index contributed by atoms with van der Waals surface area (Å²) < 4.78 is 20.3. The van der Waals surface area contributed by atoms with Crippen LogP contribution in [0.2, 0.25) is 0 Å². The molecule has 176 valence electrons. The van der Waals surface area contributed by atoms with Crippen molar-refractivity contribution >= 4 is 17.4 Å². The third kappa shape index (κ3) is 5.25. The highest BCUT2D eigenvalue weighted by Gasteiger charge is 2.46. The van der Waals surface area contributed by atoms with E-state index in [9.17, 15) is 19.1 Å². The molecule has 0 aromatic heterocycles. The monoisotopic (exact) mass is 454 g/mol. The van der Waals surface area contributed by atoms with Crippen LogP contribution in [0.5, 0.6) is 5.75 Å². The van der Waals surface area contributed by atoms with Crippen LogP contribution in [0.3, 0.4) is 0 Å². The average molecular weight is 455 g/mol. The molecule has 1 amide bonds. The molecule has 0 radical (unpaired) electrons. The number of hydrogen-bond acceptors (Lipinski definition) is 5. The van der Waals surface area contributed by atoms with Crippen molar-refractivity contribution in [2.45, 2.75) is 33.2 Å². The number of Topliss-reactive ketones (excluding diaryl/α,β-unsaturated/α-hetero) is 1. The second-order valence-corrected chi connectivity index (χ2v) is 7.85. The van der Waals surface area contributed by atoms with Gasteiger partial charge < -0.3 is 19.6 Å². The number of nitrogens with zero attached hydrogens (tertiary/aromatic N) is 2. The molecular weight excluding hydrogens is 423 g/mol. The van der Waals surface area contributed by atoms with E-state index >= 15 is 0 Å². The van der Waals surface area contributed by atoms with Crippen LogP contribution in [0.1, 0.15) is 44.4 Å². The Balaban J connectivity index is 2.02. The molecule has 1 atom stereocenters. The first-order valence-electron chi connectivity index (χ1n) is 11.4. The van der Waals surface area contributed by atoms with E-state index in [4.69, 9.17) is 4.74 Å². The maximum atomic E-state index is 14.8. The van der Waals surface area contributed by atoms with Crippen molar-refractivity contribution in [1.29, 1.82) is 0 Å². The summed E-state index contributed by atoms with van der Waals surface area (Å²) >= 11 is 0. The fourth-order valence-corrected chi connectivity index (χ4v) is 4.17. The lowest BCUT2D eigenvalue weighted by molar-refractivity contribution is -0.140. The van der Waals surface area contributed by atoms with Gasteiger partial charge in [-0.25, -0.2) is 4.39 Å². The molecule has 0 bridgehead atoms. The highest BCUT2D eigenvalue weighted by atomic mass is 19.1. The minimum Gasteiger partial charge on any atom is -0.507 e. The Labute approximate surface area is 194 Å². The van der Waals surface area contributed by atoms with Gasteiger partial charge in [0, 0.05) is 17.7 Å². The van der Waals surface area contributed by atoms with Crippen LogP contribution in [0.4, 0.5) is 4.39 Å². The number of amides is 1. The molecule has 2 aromatic carbocycles. The summed E-state index contributed by atoms with van der Waals surface area (Å²) in [6.07, 6.45) is 0.628. The van der Waals surface area contributed by atoms with Crippen LogP contribution in [-0.4, -0.2) is 59.4 Å². The lowest BCUT2D eigenvalue weighted by Gasteiger charge is -2.27. The second kappa shape index (κ2) is 11.1. The molecule has 1 heterocycles. The number of carbonyl (C=O) groups is 2. The molecule has 1 aliphatic rings. The number of ether oxygens (including phenoxy) is 1. The third-order valence-electron chi connectivity index (χ3n) is 5.95. The maximum Gasteiger partial charge on any atom is 0.295 e. The van der Waals surface area contributed by atoms with Crippen LogP contribution in [0.15, 0.2) is 54.1 Å². The van der Waals surface area contributed by atoms with Crippen LogP contribution >= 0.6 is 0 Å². The van der Waals surface area contributed by atoms with Gasteiger partial charge in [0.15, 0.2) is 0 Å².